The number of nitrogens with zero attached hydrogens (tertiary/aromatic N) is 3. The van der Waals surface area contributed by atoms with E-state index in [1.807, 2.05) is 30.3 Å². The molecule has 1 saturated heterocycles. The number of nitrogens with one attached hydrogen (secondary N) is 1. The van der Waals surface area contributed by atoms with Crippen LogP contribution in [0.15, 0.2) is 65.5 Å². The smallest absolute Gasteiger partial charge is 0.272 e. The topological polar surface area (TPSA) is 98.8 Å². The van der Waals surface area contributed by atoms with Crippen molar-refractivity contribution >= 4 is 16.7 Å². The van der Waals surface area contributed by atoms with Gasteiger partial charge >= 0.3 is 0 Å². The Morgan fingerprint density at radius 3 is 2.67 bits per heavy atom. The van der Waals surface area contributed by atoms with E-state index in [2.05, 4.69) is 28.1 Å². The maximum absolute atomic E-state index is 15.0. The molecule has 49 heavy (non-hydrogen) atoms. The van der Waals surface area contributed by atoms with Crippen molar-refractivity contribution in [3.8, 4) is 5.75 Å². The second kappa shape index (κ2) is 13.0. The summed E-state index contributed by atoms with van der Waals surface area (Å²) in [5.74, 6) is 1.53. The number of aromatic amines is 1. The number of hydrogen-bond acceptors (Lipinski definition) is 6. The summed E-state index contributed by atoms with van der Waals surface area (Å²) in [6, 6.07) is 17.9. The Morgan fingerprint density at radius 2 is 1.84 bits per heavy atom. The number of H-pyrrole nitrogens is 1. The number of benzene rings is 3. The fourth-order valence-electron chi connectivity index (χ4n) is 9.81. The zero-order valence-corrected chi connectivity index (χ0v) is 28.2. The third-order valence-electron chi connectivity index (χ3n) is 12.4. The molecule has 3 fully saturated rings. The highest BCUT2D eigenvalue weighted by atomic mass is 19.1. The summed E-state index contributed by atoms with van der Waals surface area (Å²) >= 11 is 0. The molecule has 2 saturated carbocycles. The quantitative estimate of drug-likeness (QED) is 0.250. The van der Waals surface area contributed by atoms with E-state index in [4.69, 9.17) is 4.74 Å². The predicted octanol–water partition coefficient (Wildman–Crippen LogP) is 6.06. The van der Waals surface area contributed by atoms with Crippen LogP contribution in [-0.4, -0.2) is 76.4 Å². The molecule has 4 aromatic rings. The third kappa shape index (κ3) is 5.95. The molecular weight excluding hydrogens is 619 g/mol. The molecule has 3 aliphatic carbocycles. The van der Waals surface area contributed by atoms with Gasteiger partial charge in [0, 0.05) is 44.5 Å². The van der Waals surface area contributed by atoms with E-state index >= 15 is 0 Å². The Morgan fingerprint density at radius 1 is 1.02 bits per heavy atom. The molecule has 0 bridgehead atoms. The molecule has 3 aromatic carbocycles. The number of rotatable bonds is 7. The summed E-state index contributed by atoms with van der Waals surface area (Å²) in [4.78, 5) is 29.8. The van der Waals surface area contributed by atoms with Crippen LogP contribution in [0.4, 0.5) is 4.39 Å². The summed E-state index contributed by atoms with van der Waals surface area (Å²) in [5, 5.41) is 18.1. The molecule has 2 heterocycles. The average molecular weight is 665 g/mol. The molecule has 1 amide bonds. The number of ether oxygens (including phenoxy) is 1. The van der Waals surface area contributed by atoms with Crippen LogP contribution in [0.2, 0.25) is 0 Å². The average Bonchev–Trinajstić information content (AvgIpc) is 3.46. The molecule has 5 atom stereocenters. The molecule has 256 valence electrons. The van der Waals surface area contributed by atoms with Gasteiger partial charge in [0.1, 0.15) is 11.6 Å². The summed E-state index contributed by atoms with van der Waals surface area (Å²) in [6.45, 7) is 6.52. The second-order valence-corrected chi connectivity index (χ2v) is 14.9. The van der Waals surface area contributed by atoms with Gasteiger partial charge in [-0.2, -0.15) is 5.10 Å². The summed E-state index contributed by atoms with van der Waals surface area (Å²) < 4.78 is 21.7. The first-order valence-corrected chi connectivity index (χ1v) is 18.0. The number of carbonyl (C=O) groups is 1. The molecule has 9 heteroatoms. The Balaban J connectivity index is 0.843. The number of hydrogen-bond donors (Lipinski definition) is 2. The van der Waals surface area contributed by atoms with Gasteiger partial charge in [-0.25, -0.2) is 9.49 Å². The van der Waals surface area contributed by atoms with Gasteiger partial charge in [-0.05, 0) is 109 Å². The minimum absolute atomic E-state index is 0.0707. The first kappa shape index (κ1) is 32.1. The minimum Gasteiger partial charge on any atom is -0.508 e. The van der Waals surface area contributed by atoms with E-state index in [1.165, 1.54) is 42.9 Å². The number of aromatic hydroxyl groups is 1. The number of piperazine rings is 1. The molecule has 4 aliphatic rings. The predicted molar refractivity (Wildman–Crippen MR) is 186 cm³/mol. The monoisotopic (exact) mass is 664 g/mol. The molecule has 2 N–H and O–H groups in total. The highest BCUT2D eigenvalue weighted by Crippen LogP contribution is 2.61. The van der Waals surface area contributed by atoms with E-state index in [0.717, 1.165) is 43.4 Å². The maximum atomic E-state index is 15.0. The number of halogens is 1. The number of fused-ring (bicyclic) bond motifs is 6. The van der Waals surface area contributed by atoms with E-state index < -0.39 is 5.82 Å². The van der Waals surface area contributed by atoms with Crippen molar-refractivity contribution < 1.29 is 19.0 Å². The Bertz CT molecular complexity index is 1940. The molecule has 1 unspecified atom stereocenters. The van der Waals surface area contributed by atoms with Crippen LogP contribution >= 0.6 is 0 Å². The van der Waals surface area contributed by atoms with E-state index in [0.29, 0.717) is 60.7 Å². The van der Waals surface area contributed by atoms with E-state index in [-0.39, 0.29) is 28.5 Å². The number of aromatic nitrogens is 2. The number of carbonyl (C=O) groups excluding carboxylic acids is 1. The van der Waals surface area contributed by atoms with E-state index in [1.54, 1.807) is 23.1 Å². The number of phenols is 1. The molecule has 0 spiro atoms. The van der Waals surface area contributed by atoms with Crippen LogP contribution < -0.4 is 5.56 Å². The zero-order chi connectivity index (χ0) is 33.7. The van der Waals surface area contributed by atoms with Crippen LogP contribution in [0.25, 0.3) is 10.8 Å². The van der Waals surface area contributed by atoms with Crippen molar-refractivity contribution in [1.82, 2.24) is 20.0 Å². The van der Waals surface area contributed by atoms with Crippen molar-refractivity contribution in [2.24, 2.45) is 17.3 Å². The van der Waals surface area contributed by atoms with Crippen molar-refractivity contribution in [3.63, 3.8) is 0 Å². The highest BCUT2D eigenvalue weighted by Gasteiger charge is 2.55. The lowest BCUT2D eigenvalue weighted by Gasteiger charge is -2.50. The Kier molecular flexibility index (Phi) is 8.52. The lowest BCUT2D eigenvalue weighted by molar-refractivity contribution is -0.0688. The Hall–Kier alpha value is -4.08. The summed E-state index contributed by atoms with van der Waals surface area (Å²) in [7, 11) is 0. The lowest BCUT2D eigenvalue weighted by atomic mass is 9.55. The normalized spacial score (nSPS) is 26.7. The maximum Gasteiger partial charge on any atom is 0.272 e. The van der Waals surface area contributed by atoms with Gasteiger partial charge in [-0.15, -0.1) is 0 Å². The largest absolute Gasteiger partial charge is 0.508 e. The first-order chi connectivity index (χ1) is 23.8. The Labute approximate surface area is 286 Å². The van der Waals surface area contributed by atoms with Gasteiger partial charge < -0.3 is 14.7 Å². The molecule has 8 rings (SSSR count). The van der Waals surface area contributed by atoms with Crippen LogP contribution in [-0.2, 0) is 17.6 Å². The minimum atomic E-state index is -0.530. The van der Waals surface area contributed by atoms with Gasteiger partial charge in [-0.1, -0.05) is 37.3 Å². The molecular formula is C40H45FN4O4. The van der Waals surface area contributed by atoms with Crippen molar-refractivity contribution in [1.29, 1.82) is 0 Å². The molecule has 8 nitrogen and oxygen atoms in total. The SMILES string of the molecule is C[C@]12CC[C@@H]3c4ccc(O)cc4CC[C@H]3[C@@H]1CCC2OCCN1CCN(C(=O)c2cc(Cc3n[nH]c(=O)c4ccccc34)ccc2F)CC1. The number of amides is 1. The highest BCUT2D eigenvalue weighted by molar-refractivity contribution is 5.95. The van der Waals surface area contributed by atoms with Gasteiger partial charge in [0.05, 0.1) is 29.4 Å². The van der Waals surface area contributed by atoms with Crippen LogP contribution in [0.1, 0.15) is 77.7 Å². The fraction of sp³-hybridized carbons (Fsp3) is 0.475. The van der Waals surface area contributed by atoms with Crippen molar-refractivity contribution in [2.45, 2.75) is 63.9 Å². The van der Waals surface area contributed by atoms with Crippen LogP contribution in [0.5, 0.6) is 5.75 Å². The van der Waals surface area contributed by atoms with Gasteiger partial charge in [0.2, 0.25) is 0 Å². The zero-order valence-electron chi connectivity index (χ0n) is 28.2. The van der Waals surface area contributed by atoms with Gasteiger partial charge in [0.25, 0.3) is 11.5 Å². The second-order valence-electron chi connectivity index (χ2n) is 14.9. The summed E-state index contributed by atoms with van der Waals surface area (Å²) in [6.07, 6.45) is 7.63. The number of aryl methyl sites for hydroxylation is 1. The molecule has 1 aliphatic heterocycles. The van der Waals surface area contributed by atoms with Crippen molar-refractivity contribution in [2.75, 3.05) is 39.3 Å². The lowest BCUT2D eigenvalue weighted by Crippen LogP contribution is -2.50. The molecule has 1 aromatic heterocycles. The first-order valence-electron chi connectivity index (χ1n) is 18.0. The third-order valence-corrected chi connectivity index (χ3v) is 12.4. The van der Waals surface area contributed by atoms with Crippen molar-refractivity contribution in [3.05, 3.63) is 105 Å². The van der Waals surface area contributed by atoms with E-state index in [9.17, 15) is 19.1 Å². The standard InChI is InChI=1S/C40H45FN4O4/c1-40-15-14-29-28-10-8-27(46)24-26(28)7-9-30(29)34(40)11-13-37(40)49-21-20-44-16-18-45(19-17-44)39(48)33-22-25(6-12-35(33)41)23-36-31-4-2-3-5-32(31)38(47)43-42-36/h2-6,8,10,12,22,24,29-30,34,37,46H,7,9,11,13-21,23H2,1H3,(H,43,47)/t29-,30-,34+,37?,40+/m1/s1. The van der Waals surface area contributed by atoms with Gasteiger partial charge in [-0.3, -0.25) is 14.5 Å². The fourth-order valence-corrected chi connectivity index (χ4v) is 9.81. The van der Waals surface area contributed by atoms with Crippen LogP contribution in [0.3, 0.4) is 0 Å². The van der Waals surface area contributed by atoms with Gasteiger partial charge in [0.15, 0.2) is 0 Å². The van der Waals surface area contributed by atoms with Crippen LogP contribution in [0, 0.1) is 23.1 Å². The number of phenolic OH excluding ortho intramolecular Hbond substituents is 1. The molecule has 0 radical (unpaired) electrons. The summed E-state index contributed by atoms with van der Waals surface area (Å²) in [5.41, 5.74) is 4.26.